The van der Waals surface area contributed by atoms with Crippen LogP contribution in [0, 0.1) is 6.92 Å². The number of alkyl halides is 2. The van der Waals surface area contributed by atoms with E-state index in [1.807, 2.05) is 6.92 Å². The molecule has 0 saturated carbocycles. The van der Waals surface area contributed by atoms with Gasteiger partial charge in [-0.05, 0) is 13.8 Å². The fourth-order valence-electron chi connectivity index (χ4n) is 2.08. The third kappa shape index (κ3) is 3.80. The van der Waals surface area contributed by atoms with Crippen LogP contribution in [0.3, 0.4) is 0 Å². The van der Waals surface area contributed by atoms with Crippen LogP contribution in [-0.2, 0) is 11.3 Å². The van der Waals surface area contributed by atoms with E-state index in [-0.39, 0.29) is 24.5 Å². The predicted molar refractivity (Wildman–Crippen MR) is 78.7 cm³/mol. The van der Waals surface area contributed by atoms with Crippen LogP contribution >= 0.6 is 0 Å². The van der Waals surface area contributed by atoms with Gasteiger partial charge >= 0.3 is 5.97 Å². The number of hydrogen-bond acceptors (Lipinski definition) is 4. The Labute approximate surface area is 131 Å². The van der Waals surface area contributed by atoms with Crippen molar-refractivity contribution in [1.29, 1.82) is 0 Å². The van der Waals surface area contributed by atoms with Crippen molar-refractivity contribution in [3.8, 4) is 0 Å². The molecular weight excluding hydrogens is 306 g/mol. The maximum atomic E-state index is 13.2. The molecule has 0 aliphatic rings. The van der Waals surface area contributed by atoms with Crippen LogP contribution in [0.4, 0.5) is 8.78 Å². The lowest BCUT2D eigenvalue weighted by Gasteiger charge is -2.08. The molecule has 2 rings (SSSR count). The van der Waals surface area contributed by atoms with Crippen molar-refractivity contribution >= 4 is 11.8 Å². The van der Waals surface area contributed by atoms with E-state index < -0.39 is 18.1 Å². The zero-order valence-electron chi connectivity index (χ0n) is 12.8. The molecule has 1 heterocycles. The van der Waals surface area contributed by atoms with Crippen molar-refractivity contribution in [2.75, 3.05) is 6.61 Å². The second-order valence-electron chi connectivity index (χ2n) is 4.91. The topological polar surface area (TPSA) is 61.2 Å². The molecule has 0 bridgehead atoms. The average Bonchev–Trinajstić information content (AvgIpc) is 2.92. The van der Waals surface area contributed by atoms with Crippen LogP contribution in [0.5, 0.6) is 0 Å². The van der Waals surface area contributed by atoms with Gasteiger partial charge in [0.1, 0.15) is 17.8 Å². The molecule has 0 amide bonds. The molecule has 0 radical (unpaired) electrons. The first kappa shape index (κ1) is 16.8. The summed E-state index contributed by atoms with van der Waals surface area (Å²) in [6, 6.07) is 6.76. The summed E-state index contributed by atoms with van der Waals surface area (Å²) < 4.78 is 32.1. The quantitative estimate of drug-likeness (QED) is 0.605. The number of nitrogens with zero attached hydrogens (tertiary/aromatic N) is 2. The van der Waals surface area contributed by atoms with E-state index >= 15 is 0 Å². The second-order valence-corrected chi connectivity index (χ2v) is 4.91. The minimum atomic E-state index is -2.94. The van der Waals surface area contributed by atoms with E-state index in [2.05, 4.69) is 5.10 Å². The van der Waals surface area contributed by atoms with Gasteiger partial charge in [0, 0.05) is 5.56 Å². The van der Waals surface area contributed by atoms with Crippen LogP contribution in [0.1, 0.15) is 45.3 Å². The molecule has 5 nitrogen and oxygen atoms in total. The van der Waals surface area contributed by atoms with Crippen LogP contribution < -0.4 is 0 Å². The number of carbonyl (C=O) groups excluding carboxylic acids is 2. The van der Waals surface area contributed by atoms with Crippen LogP contribution in [0.2, 0.25) is 0 Å². The van der Waals surface area contributed by atoms with Crippen molar-refractivity contribution in [3.05, 3.63) is 52.8 Å². The van der Waals surface area contributed by atoms with Gasteiger partial charge in [0.25, 0.3) is 6.43 Å². The standard InChI is InChI=1S/C16H16F2N2O3/c1-3-23-16(22)12-8-19-20(14(12)15(17)18)9-13(21)11-6-4-10(2)5-7-11/h4-8,15H,3,9H2,1-2H3. The SMILES string of the molecule is CCOC(=O)c1cnn(CC(=O)c2ccc(C)cc2)c1C(F)F. The zero-order valence-corrected chi connectivity index (χ0v) is 12.8. The molecule has 0 N–H and O–H groups in total. The van der Waals surface area contributed by atoms with E-state index in [0.717, 1.165) is 16.4 Å². The molecule has 0 unspecified atom stereocenters. The summed E-state index contributed by atoms with van der Waals surface area (Å²) in [5.74, 6) is -1.25. The molecule has 0 fully saturated rings. The monoisotopic (exact) mass is 322 g/mol. The molecule has 0 aliphatic heterocycles. The smallest absolute Gasteiger partial charge is 0.341 e. The maximum absolute atomic E-state index is 13.2. The first-order valence-electron chi connectivity index (χ1n) is 7.04. The number of benzene rings is 1. The minimum absolute atomic E-state index is 0.0645. The Morgan fingerprint density at radius 2 is 1.91 bits per heavy atom. The first-order valence-corrected chi connectivity index (χ1v) is 7.04. The van der Waals surface area contributed by atoms with E-state index in [0.29, 0.717) is 5.56 Å². The molecule has 0 spiro atoms. The highest BCUT2D eigenvalue weighted by Crippen LogP contribution is 2.24. The first-order chi connectivity index (χ1) is 10.9. The number of rotatable bonds is 6. The lowest BCUT2D eigenvalue weighted by atomic mass is 10.1. The predicted octanol–water partition coefficient (Wildman–Crippen LogP) is 3.19. The number of hydrogen-bond donors (Lipinski definition) is 0. The highest BCUT2D eigenvalue weighted by molar-refractivity contribution is 5.96. The lowest BCUT2D eigenvalue weighted by molar-refractivity contribution is 0.0512. The molecule has 1 aromatic heterocycles. The van der Waals surface area contributed by atoms with E-state index in [4.69, 9.17) is 4.74 Å². The summed E-state index contributed by atoms with van der Waals surface area (Å²) in [5.41, 5.74) is 0.449. The third-order valence-electron chi connectivity index (χ3n) is 3.25. The molecule has 7 heteroatoms. The van der Waals surface area contributed by atoms with Crippen LogP contribution in [-0.4, -0.2) is 28.1 Å². The fraction of sp³-hybridized carbons (Fsp3) is 0.312. The van der Waals surface area contributed by atoms with Gasteiger partial charge in [0.15, 0.2) is 5.78 Å². The summed E-state index contributed by atoms with van der Waals surface area (Å²) in [4.78, 5) is 23.9. The highest BCUT2D eigenvalue weighted by Gasteiger charge is 2.26. The molecular formula is C16H16F2N2O3. The molecule has 23 heavy (non-hydrogen) atoms. The number of esters is 1. The number of halogens is 2. The minimum Gasteiger partial charge on any atom is -0.462 e. The van der Waals surface area contributed by atoms with Gasteiger partial charge < -0.3 is 4.74 Å². The molecule has 122 valence electrons. The summed E-state index contributed by atoms with van der Waals surface area (Å²) >= 11 is 0. The number of ether oxygens (including phenoxy) is 1. The van der Waals surface area contributed by atoms with Gasteiger partial charge in [-0.2, -0.15) is 5.10 Å². The number of Topliss-reactive ketones (excluding diaryl/α,β-unsaturated/α-hetero) is 1. The van der Waals surface area contributed by atoms with Crippen molar-refractivity contribution in [1.82, 2.24) is 9.78 Å². The van der Waals surface area contributed by atoms with Gasteiger partial charge in [0.05, 0.1) is 12.8 Å². The second kappa shape index (κ2) is 7.13. The van der Waals surface area contributed by atoms with Crippen molar-refractivity contribution < 1.29 is 23.1 Å². The van der Waals surface area contributed by atoms with E-state index in [1.54, 1.807) is 31.2 Å². The number of aryl methyl sites for hydroxylation is 1. The van der Waals surface area contributed by atoms with Gasteiger partial charge in [-0.1, -0.05) is 29.8 Å². The molecule has 0 aliphatic carbocycles. The van der Waals surface area contributed by atoms with Crippen molar-refractivity contribution in [3.63, 3.8) is 0 Å². The Morgan fingerprint density at radius 1 is 1.26 bits per heavy atom. The highest BCUT2D eigenvalue weighted by atomic mass is 19.3. The Bertz CT molecular complexity index is 709. The zero-order chi connectivity index (χ0) is 17.0. The fourth-order valence-corrected chi connectivity index (χ4v) is 2.08. The molecule has 1 aromatic carbocycles. The van der Waals surface area contributed by atoms with Gasteiger partial charge in [-0.15, -0.1) is 0 Å². The summed E-state index contributed by atoms with van der Waals surface area (Å²) in [6.45, 7) is 3.14. The van der Waals surface area contributed by atoms with Crippen LogP contribution in [0.25, 0.3) is 0 Å². The Kier molecular flexibility index (Phi) is 5.20. The summed E-state index contributed by atoms with van der Waals surface area (Å²) in [5, 5.41) is 3.74. The van der Waals surface area contributed by atoms with E-state index in [1.165, 1.54) is 0 Å². The third-order valence-corrected chi connectivity index (χ3v) is 3.25. The average molecular weight is 322 g/mol. The number of carbonyl (C=O) groups is 2. The Balaban J connectivity index is 2.27. The van der Waals surface area contributed by atoms with Gasteiger partial charge in [0.2, 0.25) is 0 Å². The Morgan fingerprint density at radius 3 is 2.48 bits per heavy atom. The van der Waals surface area contributed by atoms with Gasteiger partial charge in [-0.25, -0.2) is 13.6 Å². The summed E-state index contributed by atoms with van der Waals surface area (Å²) in [7, 11) is 0. The largest absolute Gasteiger partial charge is 0.462 e. The molecule has 0 atom stereocenters. The van der Waals surface area contributed by atoms with Crippen LogP contribution in [0.15, 0.2) is 30.5 Å². The van der Waals surface area contributed by atoms with Crippen molar-refractivity contribution in [2.24, 2.45) is 0 Å². The lowest BCUT2D eigenvalue weighted by Crippen LogP contribution is -2.16. The molecule has 0 saturated heterocycles. The number of ketones is 1. The number of aromatic nitrogens is 2. The normalized spacial score (nSPS) is 10.8. The van der Waals surface area contributed by atoms with E-state index in [9.17, 15) is 18.4 Å². The maximum Gasteiger partial charge on any atom is 0.341 e. The Hall–Kier alpha value is -2.57. The molecule has 2 aromatic rings. The van der Waals surface area contributed by atoms with Crippen molar-refractivity contribution in [2.45, 2.75) is 26.8 Å². The summed E-state index contributed by atoms with van der Waals surface area (Å²) in [6.07, 6.45) is -1.94. The van der Waals surface area contributed by atoms with Gasteiger partial charge in [-0.3, -0.25) is 9.48 Å².